The van der Waals surface area contributed by atoms with Crippen LogP contribution < -0.4 is 10.5 Å². The Balaban J connectivity index is 1.69. The summed E-state index contributed by atoms with van der Waals surface area (Å²) in [5.41, 5.74) is 7.74. The molecule has 2 heterocycles. The van der Waals surface area contributed by atoms with Gasteiger partial charge in [-0.25, -0.2) is 0 Å². The van der Waals surface area contributed by atoms with Crippen LogP contribution in [-0.2, 0) is 9.47 Å². The Kier molecular flexibility index (Phi) is 3.37. The second-order valence-electron chi connectivity index (χ2n) is 5.61. The van der Waals surface area contributed by atoms with Crippen LogP contribution in [0.2, 0.25) is 0 Å². The first-order chi connectivity index (χ1) is 9.17. The van der Waals surface area contributed by atoms with Gasteiger partial charge in [-0.05, 0) is 24.6 Å². The third kappa shape index (κ3) is 2.69. The highest BCUT2D eigenvalue weighted by Crippen LogP contribution is 2.35. The van der Waals surface area contributed by atoms with Crippen molar-refractivity contribution < 1.29 is 14.2 Å². The van der Waals surface area contributed by atoms with Crippen molar-refractivity contribution >= 4 is 5.69 Å². The molecule has 2 N–H and O–H groups in total. The molecule has 2 fully saturated rings. The Morgan fingerprint density at radius 1 is 1.37 bits per heavy atom. The van der Waals surface area contributed by atoms with Gasteiger partial charge in [-0.1, -0.05) is 6.07 Å². The highest BCUT2D eigenvalue weighted by molar-refractivity contribution is 5.54. The van der Waals surface area contributed by atoms with Crippen LogP contribution in [0.25, 0.3) is 0 Å². The molecule has 2 aliphatic rings. The Hall–Kier alpha value is -1.26. The first kappa shape index (κ1) is 12.8. The Bertz CT molecular complexity index is 455. The number of rotatable bonds is 2. The van der Waals surface area contributed by atoms with Gasteiger partial charge < -0.3 is 19.9 Å². The van der Waals surface area contributed by atoms with Crippen molar-refractivity contribution in [1.29, 1.82) is 0 Å². The van der Waals surface area contributed by atoms with Gasteiger partial charge in [0.05, 0.1) is 24.5 Å². The number of nitrogens with two attached hydrogens (primary N) is 1. The van der Waals surface area contributed by atoms with Gasteiger partial charge in [0.25, 0.3) is 0 Å². The monoisotopic (exact) mass is 263 g/mol. The van der Waals surface area contributed by atoms with Crippen molar-refractivity contribution in [1.82, 2.24) is 0 Å². The van der Waals surface area contributed by atoms with Crippen molar-refractivity contribution in [2.75, 3.05) is 25.6 Å². The molecule has 104 valence electrons. The van der Waals surface area contributed by atoms with Crippen LogP contribution in [-0.4, -0.2) is 31.5 Å². The lowest BCUT2D eigenvalue weighted by molar-refractivity contribution is -0.112. The average molecular weight is 263 g/mol. The van der Waals surface area contributed by atoms with E-state index in [2.05, 4.69) is 0 Å². The molecule has 2 atom stereocenters. The number of hydrogen-bond donors (Lipinski definition) is 1. The Morgan fingerprint density at radius 3 is 3.00 bits per heavy atom. The van der Waals surface area contributed by atoms with Crippen LogP contribution >= 0.6 is 0 Å². The molecule has 4 nitrogen and oxygen atoms in total. The van der Waals surface area contributed by atoms with Crippen LogP contribution in [0.5, 0.6) is 5.75 Å². The summed E-state index contributed by atoms with van der Waals surface area (Å²) in [5, 5.41) is 0. The quantitative estimate of drug-likeness (QED) is 0.832. The zero-order valence-corrected chi connectivity index (χ0v) is 11.4. The second-order valence-corrected chi connectivity index (χ2v) is 5.61. The first-order valence-electron chi connectivity index (χ1n) is 6.91. The minimum absolute atomic E-state index is 0.123. The van der Waals surface area contributed by atoms with Crippen molar-refractivity contribution in [3.63, 3.8) is 0 Å². The minimum atomic E-state index is -0.123. The average Bonchev–Trinajstić information content (AvgIpc) is 2.81. The first-order valence-corrected chi connectivity index (χ1v) is 6.91. The molecule has 0 aromatic heterocycles. The van der Waals surface area contributed by atoms with E-state index in [4.69, 9.17) is 19.9 Å². The predicted octanol–water partition coefficient (Wildman–Crippen LogP) is 2.29. The molecule has 0 radical (unpaired) electrons. The summed E-state index contributed by atoms with van der Waals surface area (Å²) < 4.78 is 17.4. The molecule has 0 aliphatic carbocycles. The van der Waals surface area contributed by atoms with Crippen LogP contribution in [0.15, 0.2) is 18.2 Å². The largest absolute Gasteiger partial charge is 0.488 e. The highest BCUT2D eigenvalue weighted by Gasteiger charge is 2.41. The van der Waals surface area contributed by atoms with E-state index in [9.17, 15) is 0 Å². The van der Waals surface area contributed by atoms with Crippen molar-refractivity contribution in [3.8, 4) is 5.75 Å². The van der Waals surface area contributed by atoms with Crippen LogP contribution in [0.1, 0.15) is 24.8 Å². The minimum Gasteiger partial charge on any atom is -0.488 e. The molecule has 1 aromatic rings. The van der Waals surface area contributed by atoms with Gasteiger partial charge in [-0.2, -0.15) is 0 Å². The molecule has 4 heteroatoms. The van der Waals surface area contributed by atoms with Crippen molar-refractivity contribution in [3.05, 3.63) is 23.8 Å². The van der Waals surface area contributed by atoms with Gasteiger partial charge in [0.1, 0.15) is 11.9 Å². The summed E-state index contributed by atoms with van der Waals surface area (Å²) in [7, 11) is 0. The standard InChI is InChI=1S/C15H21NO3/c1-11-2-3-14(13(16)8-11)19-12-4-6-18-15(9-12)5-7-17-10-15/h2-3,8,12H,4-7,9-10,16H2,1H3. The van der Waals surface area contributed by atoms with E-state index in [1.54, 1.807) is 0 Å². The third-order valence-corrected chi connectivity index (χ3v) is 3.97. The molecule has 0 bridgehead atoms. The third-order valence-electron chi connectivity index (χ3n) is 3.97. The van der Waals surface area contributed by atoms with Crippen LogP contribution in [0.4, 0.5) is 5.69 Å². The van der Waals surface area contributed by atoms with Gasteiger partial charge in [-0.15, -0.1) is 0 Å². The van der Waals surface area contributed by atoms with E-state index in [1.807, 2.05) is 25.1 Å². The van der Waals surface area contributed by atoms with Crippen molar-refractivity contribution in [2.24, 2.45) is 0 Å². The Labute approximate surface area is 113 Å². The summed E-state index contributed by atoms with van der Waals surface area (Å²) in [6.07, 6.45) is 2.94. The number of hydrogen-bond acceptors (Lipinski definition) is 4. The van der Waals surface area contributed by atoms with E-state index >= 15 is 0 Å². The lowest BCUT2D eigenvalue weighted by Gasteiger charge is -2.37. The molecule has 2 aliphatic heterocycles. The van der Waals surface area contributed by atoms with Gasteiger partial charge >= 0.3 is 0 Å². The second kappa shape index (κ2) is 5.02. The van der Waals surface area contributed by atoms with E-state index in [1.165, 1.54) is 0 Å². The van der Waals surface area contributed by atoms with E-state index < -0.39 is 0 Å². The van der Waals surface area contributed by atoms with Crippen LogP contribution in [0, 0.1) is 6.92 Å². The van der Waals surface area contributed by atoms with Gasteiger partial charge in [0.15, 0.2) is 0 Å². The van der Waals surface area contributed by atoms with Gasteiger partial charge in [-0.3, -0.25) is 0 Å². The molecular formula is C15H21NO3. The summed E-state index contributed by atoms with van der Waals surface area (Å²) in [5.74, 6) is 0.784. The number of ether oxygens (including phenoxy) is 3. The molecular weight excluding hydrogens is 242 g/mol. The number of aryl methyl sites for hydroxylation is 1. The summed E-state index contributed by atoms with van der Waals surface area (Å²) in [6, 6.07) is 5.93. The van der Waals surface area contributed by atoms with Crippen LogP contribution in [0.3, 0.4) is 0 Å². The molecule has 3 rings (SSSR count). The molecule has 0 amide bonds. The maximum Gasteiger partial charge on any atom is 0.142 e. The van der Waals surface area contributed by atoms with E-state index in [-0.39, 0.29) is 11.7 Å². The fourth-order valence-corrected chi connectivity index (χ4v) is 2.90. The number of benzene rings is 1. The fraction of sp³-hybridized carbons (Fsp3) is 0.600. The van der Waals surface area contributed by atoms with Gasteiger partial charge in [0.2, 0.25) is 0 Å². The van der Waals surface area contributed by atoms with E-state index in [0.717, 1.165) is 43.8 Å². The fourth-order valence-electron chi connectivity index (χ4n) is 2.90. The summed E-state index contributed by atoms with van der Waals surface area (Å²) >= 11 is 0. The lowest BCUT2D eigenvalue weighted by atomic mass is 9.91. The lowest BCUT2D eigenvalue weighted by Crippen LogP contribution is -2.44. The molecule has 19 heavy (non-hydrogen) atoms. The number of nitrogen functional groups attached to an aromatic ring is 1. The molecule has 1 aromatic carbocycles. The topological polar surface area (TPSA) is 53.7 Å². The smallest absolute Gasteiger partial charge is 0.142 e. The molecule has 0 saturated carbocycles. The predicted molar refractivity (Wildman–Crippen MR) is 73.4 cm³/mol. The molecule has 2 unspecified atom stereocenters. The SMILES string of the molecule is Cc1ccc(OC2CCOC3(CCOC3)C2)c(N)c1. The molecule has 2 saturated heterocycles. The Morgan fingerprint density at radius 2 is 2.26 bits per heavy atom. The normalized spacial score (nSPS) is 30.7. The van der Waals surface area contributed by atoms with Crippen molar-refractivity contribution in [2.45, 2.75) is 37.9 Å². The number of anilines is 1. The van der Waals surface area contributed by atoms with Gasteiger partial charge in [0, 0.05) is 25.9 Å². The highest BCUT2D eigenvalue weighted by atomic mass is 16.6. The summed E-state index contributed by atoms with van der Waals surface area (Å²) in [6.45, 7) is 4.24. The zero-order valence-electron chi connectivity index (χ0n) is 11.4. The summed E-state index contributed by atoms with van der Waals surface area (Å²) in [4.78, 5) is 0. The zero-order chi connectivity index (χ0) is 13.3. The maximum atomic E-state index is 6.07. The van der Waals surface area contributed by atoms with E-state index in [0.29, 0.717) is 12.3 Å². The maximum absolute atomic E-state index is 6.07. The molecule has 1 spiro atoms.